The predicted octanol–water partition coefficient (Wildman–Crippen LogP) is 3.88. The van der Waals surface area contributed by atoms with E-state index in [2.05, 4.69) is 0 Å². The van der Waals surface area contributed by atoms with Crippen molar-refractivity contribution < 1.29 is 9.84 Å². The van der Waals surface area contributed by atoms with Gasteiger partial charge in [0.2, 0.25) is 0 Å². The first-order chi connectivity index (χ1) is 9.03. The van der Waals surface area contributed by atoms with Crippen molar-refractivity contribution in [2.75, 3.05) is 18.1 Å². The van der Waals surface area contributed by atoms with Gasteiger partial charge in [-0.15, -0.1) is 0 Å². The Balaban J connectivity index is 2.10. The maximum absolute atomic E-state index is 9.39. The van der Waals surface area contributed by atoms with Gasteiger partial charge < -0.3 is 9.84 Å². The van der Waals surface area contributed by atoms with Crippen molar-refractivity contribution in [1.29, 1.82) is 0 Å². The number of benzene rings is 1. The van der Waals surface area contributed by atoms with Crippen LogP contribution in [0.15, 0.2) is 18.2 Å². The van der Waals surface area contributed by atoms with Crippen molar-refractivity contribution in [3.8, 4) is 5.75 Å². The summed E-state index contributed by atoms with van der Waals surface area (Å²) in [5.74, 6) is 3.03. The molecular weight excluding hydrogens is 280 g/mol. The summed E-state index contributed by atoms with van der Waals surface area (Å²) in [6, 6.07) is 5.82. The van der Waals surface area contributed by atoms with E-state index in [9.17, 15) is 5.11 Å². The molecule has 1 N–H and O–H groups in total. The molecule has 0 saturated carbocycles. The monoisotopic (exact) mass is 300 g/mol. The number of halogens is 1. The Hall–Kier alpha value is -0.380. The first kappa shape index (κ1) is 15.0. The Morgan fingerprint density at radius 1 is 1.47 bits per heavy atom. The highest BCUT2D eigenvalue weighted by Gasteiger charge is 2.22. The second-order valence-corrected chi connectivity index (χ2v) is 7.20. The van der Waals surface area contributed by atoms with Gasteiger partial charge >= 0.3 is 0 Å². The lowest BCUT2D eigenvalue weighted by Crippen LogP contribution is -2.24. The van der Waals surface area contributed by atoms with E-state index in [1.807, 2.05) is 43.8 Å². The summed E-state index contributed by atoms with van der Waals surface area (Å²) in [4.78, 5) is 0. The van der Waals surface area contributed by atoms with E-state index in [1.165, 1.54) is 12.2 Å². The quantitative estimate of drug-likeness (QED) is 0.915. The van der Waals surface area contributed by atoms with E-state index >= 15 is 0 Å². The van der Waals surface area contributed by atoms with Crippen molar-refractivity contribution in [3.05, 3.63) is 28.8 Å². The third kappa shape index (κ3) is 3.80. The van der Waals surface area contributed by atoms with Gasteiger partial charge in [-0.25, -0.2) is 0 Å². The van der Waals surface area contributed by atoms with Crippen LogP contribution in [0.2, 0.25) is 5.02 Å². The molecule has 1 aromatic carbocycles. The molecule has 0 spiro atoms. The Kier molecular flexibility index (Phi) is 5.04. The fourth-order valence-corrected chi connectivity index (χ4v) is 3.35. The average molecular weight is 301 g/mol. The van der Waals surface area contributed by atoms with Crippen molar-refractivity contribution >= 4 is 23.4 Å². The molecule has 1 aliphatic heterocycles. The van der Waals surface area contributed by atoms with Crippen LogP contribution in [0.5, 0.6) is 5.75 Å². The van der Waals surface area contributed by atoms with Crippen LogP contribution >= 0.6 is 23.4 Å². The summed E-state index contributed by atoms with van der Waals surface area (Å²) < 4.78 is 5.97. The molecule has 106 valence electrons. The Bertz CT molecular complexity index is 428. The highest BCUT2D eigenvalue weighted by atomic mass is 35.5. The summed E-state index contributed by atoms with van der Waals surface area (Å²) in [6.07, 6.45) is 2.59. The molecule has 0 bridgehead atoms. The zero-order valence-electron chi connectivity index (χ0n) is 11.5. The minimum atomic E-state index is -0.275. The number of hydrogen-bond donors (Lipinski definition) is 1. The van der Waals surface area contributed by atoms with Gasteiger partial charge in [0.1, 0.15) is 11.9 Å². The van der Waals surface area contributed by atoms with Gasteiger partial charge in [0.15, 0.2) is 0 Å². The third-order valence-corrected chi connectivity index (χ3v) is 5.00. The summed E-state index contributed by atoms with van der Waals surface area (Å²) in [7, 11) is 0. The van der Waals surface area contributed by atoms with Crippen molar-refractivity contribution in [3.63, 3.8) is 0 Å². The van der Waals surface area contributed by atoms with Crippen LogP contribution in [0.4, 0.5) is 0 Å². The SMILES string of the molecule is CC(C)(CO)c1ccc(OC2CCCSC2)c(Cl)c1. The maximum atomic E-state index is 9.39. The third-order valence-electron chi connectivity index (χ3n) is 3.52. The van der Waals surface area contributed by atoms with Gasteiger partial charge in [-0.3, -0.25) is 0 Å². The molecule has 1 aromatic rings. The molecule has 0 amide bonds. The molecule has 2 nitrogen and oxygen atoms in total. The van der Waals surface area contributed by atoms with E-state index < -0.39 is 0 Å². The van der Waals surface area contributed by atoms with Gasteiger partial charge in [0.05, 0.1) is 11.6 Å². The van der Waals surface area contributed by atoms with Crippen molar-refractivity contribution in [2.24, 2.45) is 0 Å². The smallest absolute Gasteiger partial charge is 0.138 e. The maximum Gasteiger partial charge on any atom is 0.138 e. The number of thioether (sulfide) groups is 1. The molecule has 0 radical (unpaired) electrons. The van der Waals surface area contributed by atoms with Crippen LogP contribution in [-0.4, -0.2) is 29.3 Å². The predicted molar refractivity (Wildman–Crippen MR) is 82.5 cm³/mol. The summed E-state index contributed by atoms with van der Waals surface area (Å²) in [6.45, 7) is 4.09. The molecular formula is C15H21ClO2S. The Labute approximate surface area is 124 Å². The molecule has 0 aromatic heterocycles. The highest BCUT2D eigenvalue weighted by Crippen LogP contribution is 2.33. The first-order valence-corrected chi connectivity index (χ1v) is 8.21. The van der Waals surface area contributed by atoms with Gasteiger partial charge in [-0.2, -0.15) is 11.8 Å². The van der Waals surface area contributed by atoms with Crippen LogP contribution in [0.25, 0.3) is 0 Å². The minimum Gasteiger partial charge on any atom is -0.488 e. The molecule has 1 heterocycles. The number of aliphatic hydroxyl groups is 1. The normalized spacial score (nSPS) is 20.3. The topological polar surface area (TPSA) is 29.5 Å². The van der Waals surface area contributed by atoms with E-state index in [1.54, 1.807) is 0 Å². The lowest BCUT2D eigenvalue weighted by molar-refractivity contribution is 0.210. The standard InChI is InChI=1S/C15H21ClO2S/c1-15(2,10-17)11-5-6-14(13(16)8-11)18-12-4-3-7-19-9-12/h5-6,8,12,17H,3-4,7,9-10H2,1-2H3. The second kappa shape index (κ2) is 6.38. The van der Waals surface area contributed by atoms with Crippen LogP contribution in [-0.2, 0) is 5.41 Å². The van der Waals surface area contributed by atoms with Gasteiger partial charge in [-0.1, -0.05) is 31.5 Å². The molecule has 4 heteroatoms. The summed E-state index contributed by atoms with van der Waals surface area (Å²) in [5, 5.41) is 10.0. The van der Waals surface area contributed by atoms with Crippen LogP contribution in [0, 0.1) is 0 Å². The summed E-state index contributed by atoms with van der Waals surface area (Å²) in [5.41, 5.74) is 0.758. The number of rotatable bonds is 4. The van der Waals surface area contributed by atoms with Gasteiger partial charge in [-0.05, 0) is 36.3 Å². The minimum absolute atomic E-state index is 0.1000. The van der Waals surface area contributed by atoms with Crippen LogP contribution < -0.4 is 4.74 Å². The molecule has 1 atom stereocenters. The van der Waals surface area contributed by atoms with Crippen molar-refractivity contribution in [2.45, 2.75) is 38.2 Å². The van der Waals surface area contributed by atoms with Gasteiger partial charge in [0.25, 0.3) is 0 Å². The Morgan fingerprint density at radius 3 is 2.84 bits per heavy atom. The van der Waals surface area contributed by atoms with Gasteiger partial charge in [0, 0.05) is 11.2 Å². The molecule has 1 aliphatic rings. The van der Waals surface area contributed by atoms with E-state index in [0.717, 1.165) is 23.5 Å². The fraction of sp³-hybridized carbons (Fsp3) is 0.600. The molecule has 1 saturated heterocycles. The number of aliphatic hydroxyl groups excluding tert-OH is 1. The fourth-order valence-electron chi connectivity index (χ4n) is 2.09. The van der Waals surface area contributed by atoms with E-state index in [0.29, 0.717) is 5.02 Å². The molecule has 1 unspecified atom stereocenters. The number of hydrogen-bond acceptors (Lipinski definition) is 3. The van der Waals surface area contributed by atoms with Crippen molar-refractivity contribution in [1.82, 2.24) is 0 Å². The van der Waals surface area contributed by atoms with E-state index in [4.69, 9.17) is 16.3 Å². The first-order valence-electron chi connectivity index (χ1n) is 6.68. The lowest BCUT2D eigenvalue weighted by Gasteiger charge is -2.25. The zero-order valence-corrected chi connectivity index (χ0v) is 13.1. The largest absolute Gasteiger partial charge is 0.488 e. The second-order valence-electron chi connectivity index (χ2n) is 5.64. The molecule has 0 aliphatic carbocycles. The molecule has 19 heavy (non-hydrogen) atoms. The summed E-state index contributed by atoms with van der Waals surface area (Å²) >= 11 is 8.24. The zero-order chi connectivity index (χ0) is 13.9. The van der Waals surface area contributed by atoms with Crippen LogP contribution in [0.3, 0.4) is 0 Å². The average Bonchev–Trinajstić information content (AvgIpc) is 2.42. The number of ether oxygens (including phenoxy) is 1. The van der Waals surface area contributed by atoms with E-state index in [-0.39, 0.29) is 18.1 Å². The molecule has 1 fully saturated rings. The lowest BCUT2D eigenvalue weighted by atomic mass is 9.86. The Morgan fingerprint density at radius 2 is 2.26 bits per heavy atom. The van der Waals surface area contributed by atoms with Crippen LogP contribution in [0.1, 0.15) is 32.3 Å². The highest BCUT2D eigenvalue weighted by molar-refractivity contribution is 7.99. The molecule has 2 rings (SSSR count).